The number of rotatable bonds is 7. The van der Waals surface area contributed by atoms with E-state index in [0.29, 0.717) is 6.04 Å². The van der Waals surface area contributed by atoms with Gasteiger partial charge in [-0.1, -0.05) is 72.2 Å². The van der Waals surface area contributed by atoms with E-state index < -0.39 is 0 Å². The van der Waals surface area contributed by atoms with E-state index in [-0.39, 0.29) is 5.41 Å². The molecule has 1 heteroatoms. The highest BCUT2D eigenvalue weighted by molar-refractivity contribution is 5.35. The van der Waals surface area contributed by atoms with Crippen LogP contribution in [0.15, 0.2) is 24.3 Å². The largest absolute Gasteiger partial charge is 0.310 e. The quantitative estimate of drug-likeness (QED) is 0.696. The molecule has 114 valence electrons. The van der Waals surface area contributed by atoms with E-state index in [0.717, 1.165) is 12.5 Å². The normalized spacial score (nSPS) is 15.1. The molecule has 0 spiro atoms. The Labute approximate surface area is 126 Å². The van der Waals surface area contributed by atoms with Crippen LogP contribution < -0.4 is 5.32 Å². The SMILES string of the molecule is CCCNC(CC(C)CC)c1ccccc1C(C)(C)C. The molecule has 0 heterocycles. The van der Waals surface area contributed by atoms with E-state index in [1.54, 1.807) is 0 Å². The van der Waals surface area contributed by atoms with Gasteiger partial charge in [0.05, 0.1) is 0 Å². The van der Waals surface area contributed by atoms with E-state index >= 15 is 0 Å². The van der Waals surface area contributed by atoms with Crippen LogP contribution in [-0.4, -0.2) is 6.54 Å². The van der Waals surface area contributed by atoms with Crippen molar-refractivity contribution < 1.29 is 0 Å². The fourth-order valence-electron chi connectivity index (χ4n) is 2.69. The lowest BCUT2D eigenvalue weighted by Gasteiger charge is -2.29. The van der Waals surface area contributed by atoms with E-state index in [4.69, 9.17) is 0 Å². The zero-order chi connectivity index (χ0) is 15.2. The molecule has 0 aliphatic heterocycles. The Morgan fingerprint density at radius 3 is 2.30 bits per heavy atom. The Hall–Kier alpha value is -0.820. The van der Waals surface area contributed by atoms with Crippen molar-refractivity contribution in [2.24, 2.45) is 5.92 Å². The number of benzene rings is 1. The van der Waals surface area contributed by atoms with Crippen molar-refractivity contribution in [1.82, 2.24) is 5.32 Å². The molecule has 20 heavy (non-hydrogen) atoms. The molecule has 1 aromatic rings. The molecule has 1 nitrogen and oxygen atoms in total. The van der Waals surface area contributed by atoms with Crippen LogP contribution in [0.1, 0.15) is 78.0 Å². The Kier molecular flexibility index (Phi) is 6.75. The van der Waals surface area contributed by atoms with Gasteiger partial charge in [-0.2, -0.15) is 0 Å². The van der Waals surface area contributed by atoms with Gasteiger partial charge in [0, 0.05) is 6.04 Å². The predicted molar refractivity (Wildman–Crippen MR) is 90.2 cm³/mol. The fourth-order valence-corrected chi connectivity index (χ4v) is 2.69. The molecule has 0 bridgehead atoms. The summed E-state index contributed by atoms with van der Waals surface area (Å²) < 4.78 is 0. The Bertz CT molecular complexity index is 389. The van der Waals surface area contributed by atoms with Crippen LogP contribution >= 0.6 is 0 Å². The van der Waals surface area contributed by atoms with Crippen LogP contribution in [0.3, 0.4) is 0 Å². The molecule has 0 amide bonds. The molecule has 0 saturated carbocycles. The lowest BCUT2D eigenvalue weighted by Crippen LogP contribution is -2.27. The summed E-state index contributed by atoms with van der Waals surface area (Å²) in [5.74, 6) is 0.761. The summed E-state index contributed by atoms with van der Waals surface area (Å²) in [5, 5.41) is 3.76. The van der Waals surface area contributed by atoms with Crippen LogP contribution in [0.4, 0.5) is 0 Å². The van der Waals surface area contributed by atoms with Gasteiger partial charge in [0.25, 0.3) is 0 Å². The third-order valence-electron chi connectivity index (χ3n) is 4.12. The summed E-state index contributed by atoms with van der Waals surface area (Å²) >= 11 is 0. The van der Waals surface area contributed by atoms with Crippen LogP contribution in [0.2, 0.25) is 0 Å². The smallest absolute Gasteiger partial charge is 0.0325 e. The summed E-state index contributed by atoms with van der Waals surface area (Å²) in [4.78, 5) is 0. The number of nitrogens with one attached hydrogen (secondary N) is 1. The molecule has 0 aliphatic rings. The maximum absolute atomic E-state index is 3.76. The third kappa shape index (κ3) is 4.94. The van der Waals surface area contributed by atoms with Crippen molar-refractivity contribution in [2.45, 2.75) is 72.3 Å². The molecule has 0 saturated heterocycles. The number of hydrogen-bond donors (Lipinski definition) is 1. The first-order valence-corrected chi connectivity index (χ1v) is 8.22. The fraction of sp³-hybridized carbons (Fsp3) is 0.684. The minimum Gasteiger partial charge on any atom is -0.310 e. The molecule has 2 unspecified atom stereocenters. The van der Waals surface area contributed by atoms with Gasteiger partial charge in [0.2, 0.25) is 0 Å². The average molecular weight is 275 g/mol. The van der Waals surface area contributed by atoms with E-state index in [9.17, 15) is 0 Å². The van der Waals surface area contributed by atoms with Gasteiger partial charge in [-0.15, -0.1) is 0 Å². The summed E-state index contributed by atoms with van der Waals surface area (Å²) in [5.41, 5.74) is 3.18. The van der Waals surface area contributed by atoms with Gasteiger partial charge < -0.3 is 5.32 Å². The van der Waals surface area contributed by atoms with Gasteiger partial charge in [-0.05, 0) is 41.8 Å². The second-order valence-corrected chi connectivity index (χ2v) is 7.09. The monoisotopic (exact) mass is 275 g/mol. The van der Waals surface area contributed by atoms with E-state index in [1.807, 2.05) is 0 Å². The molecule has 0 radical (unpaired) electrons. The average Bonchev–Trinajstić information content (AvgIpc) is 2.42. The van der Waals surface area contributed by atoms with Crippen molar-refractivity contribution >= 4 is 0 Å². The first kappa shape index (κ1) is 17.2. The molecule has 1 rings (SSSR count). The Balaban J connectivity index is 3.06. The maximum Gasteiger partial charge on any atom is 0.0325 e. The first-order chi connectivity index (χ1) is 9.40. The maximum atomic E-state index is 3.76. The minimum absolute atomic E-state index is 0.207. The molecular weight excluding hydrogens is 242 g/mol. The highest BCUT2D eigenvalue weighted by Gasteiger charge is 2.23. The van der Waals surface area contributed by atoms with E-state index in [2.05, 4.69) is 71.1 Å². The van der Waals surface area contributed by atoms with Crippen molar-refractivity contribution in [3.63, 3.8) is 0 Å². The van der Waals surface area contributed by atoms with Crippen molar-refractivity contribution in [1.29, 1.82) is 0 Å². The van der Waals surface area contributed by atoms with Crippen molar-refractivity contribution in [3.05, 3.63) is 35.4 Å². The molecule has 2 atom stereocenters. The highest BCUT2D eigenvalue weighted by Crippen LogP contribution is 2.32. The molecule has 0 aliphatic carbocycles. The van der Waals surface area contributed by atoms with Crippen molar-refractivity contribution in [2.75, 3.05) is 6.54 Å². The third-order valence-corrected chi connectivity index (χ3v) is 4.12. The second kappa shape index (κ2) is 7.83. The summed E-state index contributed by atoms with van der Waals surface area (Å²) in [6, 6.07) is 9.45. The highest BCUT2D eigenvalue weighted by atomic mass is 14.9. The van der Waals surface area contributed by atoms with Gasteiger partial charge in [0.15, 0.2) is 0 Å². The van der Waals surface area contributed by atoms with Crippen LogP contribution in [0, 0.1) is 5.92 Å². The molecule has 0 aromatic heterocycles. The standard InChI is InChI=1S/C19H33N/c1-7-13-20-18(14-15(3)8-2)16-11-9-10-12-17(16)19(4,5)6/h9-12,15,18,20H,7-8,13-14H2,1-6H3. The summed E-state index contributed by atoms with van der Waals surface area (Å²) in [6.45, 7) is 14.9. The number of hydrogen-bond acceptors (Lipinski definition) is 1. The van der Waals surface area contributed by atoms with Crippen molar-refractivity contribution in [3.8, 4) is 0 Å². The van der Waals surface area contributed by atoms with Crippen LogP contribution in [0.25, 0.3) is 0 Å². The minimum atomic E-state index is 0.207. The van der Waals surface area contributed by atoms with Crippen LogP contribution in [0.5, 0.6) is 0 Å². The van der Waals surface area contributed by atoms with Gasteiger partial charge >= 0.3 is 0 Å². The van der Waals surface area contributed by atoms with Gasteiger partial charge in [0.1, 0.15) is 0 Å². The summed E-state index contributed by atoms with van der Waals surface area (Å²) in [6.07, 6.45) is 3.67. The molecule has 1 aromatic carbocycles. The zero-order valence-electron chi connectivity index (χ0n) is 14.3. The van der Waals surface area contributed by atoms with Crippen LogP contribution in [-0.2, 0) is 5.41 Å². The predicted octanol–water partition coefficient (Wildman–Crippen LogP) is 5.46. The van der Waals surface area contributed by atoms with Gasteiger partial charge in [-0.3, -0.25) is 0 Å². The lowest BCUT2D eigenvalue weighted by atomic mass is 9.80. The Morgan fingerprint density at radius 1 is 1.10 bits per heavy atom. The lowest BCUT2D eigenvalue weighted by molar-refractivity contribution is 0.396. The zero-order valence-corrected chi connectivity index (χ0v) is 14.3. The summed E-state index contributed by atoms with van der Waals surface area (Å²) in [7, 11) is 0. The molecule has 1 N–H and O–H groups in total. The topological polar surface area (TPSA) is 12.0 Å². The Morgan fingerprint density at radius 2 is 1.75 bits per heavy atom. The van der Waals surface area contributed by atoms with Gasteiger partial charge in [-0.25, -0.2) is 0 Å². The van der Waals surface area contributed by atoms with E-state index in [1.165, 1.54) is 30.4 Å². The first-order valence-electron chi connectivity index (χ1n) is 8.22. The molecule has 0 fully saturated rings. The second-order valence-electron chi connectivity index (χ2n) is 7.09. The molecular formula is C19H33N.